The molecule has 0 aromatic heterocycles. The summed E-state index contributed by atoms with van der Waals surface area (Å²) in [6.45, 7) is 8.65. The van der Waals surface area contributed by atoms with Gasteiger partial charge in [-0.25, -0.2) is 0 Å². The molecule has 2 aliphatic rings. The Kier molecular flexibility index (Phi) is 2.41. The first-order chi connectivity index (χ1) is 5.45. The second kappa shape index (κ2) is 3.52. The molecule has 0 aromatic carbocycles. The maximum atomic E-state index is 3.37. The first-order valence-corrected chi connectivity index (χ1v) is 4.59. The molecule has 0 spiro atoms. The number of hydrogen-bond acceptors (Lipinski definition) is 3. The van der Waals surface area contributed by atoms with Crippen molar-refractivity contribution >= 4 is 0 Å². The van der Waals surface area contributed by atoms with E-state index in [0.29, 0.717) is 0 Å². The summed E-state index contributed by atoms with van der Waals surface area (Å²) >= 11 is 0. The Morgan fingerprint density at radius 3 is 2.36 bits per heavy atom. The third kappa shape index (κ3) is 1.92. The second-order valence-electron chi connectivity index (χ2n) is 3.57. The van der Waals surface area contributed by atoms with Crippen molar-refractivity contribution in [2.45, 2.75) is 0 Å². The Hall–Kier alpha value is -0.120. The molecule has 3 heteroatoms. The lowest BCUT2D eigenvalue weighted by Crippen LogP contribution is -2.52. The molecular weight excluding hydrogens is 138 g/mol. The summed E-state index contributed by atoms with van der Waals surface area (Å²) in [5.74, 6) is 0.938. The van der Waals surface area contributed by atoms with Crippen LogP contribution >= 0.6 is 0 Å². The lowest BCUT2D eigenvalue weighted by molar-refractivity contribution is 0.175. The van der Waals surface area contributed by atoms with E-state index in [9.17, 15) is 0 Å². The van der Waals surface area contributed by atoms with Crippen molar-refractivity contribution < 1.29 is 0 Å². The number of hydrogen-bond donors (Lipinski definition) is 2. The van der Waals surface area contributed by atoms with Gasteiger partial charge < -0.3 is 15.5 Å². The first kappa shape index (κ1) is 7.53. The van der Waals surface area contributed by atoms with Gasteiger partial charge in [-0.2, -0.15) is 0 Å². The minimum atomic E-state index is 0.938. The van der Waals surface area contributed by atoms with E-state index in [2.05, 4.69) is 15.5 Å². The third-order valence-electron chi connectivity index (χ3n) is 2.59. The highest BCUT2D eigenvalue weighted by molar-refractivity contribution is 4.79. The minimum absolute atomic E-state index is 0.938. The van der Waals surface area contributed by atoms with E-state index in [-0.39, 0.29) is 0 Å². The molecule has 0 unspecified atom stereocenters. The highest BCUT2D eigenvalue weighted by Gasteiger charge is 2.20. The van der Waals surface area contributed by atoms with Crippen LogP contribution in [-0.4, -0.2) is 50.7 Å². The average Bonchev–Trinajstić information content (AvgIpc) is 1.99. The van der Waals surface area contributed by atoms with E-state index in [1.807, 2.05) is 0 Å². The molecule has 2 fully saturated rings. The van der Waals surface area contributed by atoms with Gasteiger partial charge in [0.05, 0.1) is 0 Å². The van der Waals surface area contributed by atoms with Crippen LogP contribution in [0.3, 0.4) is 0 Å². The number of nitrogens with one attached hydrogen (secondary N) is 2. The van der Waals surface area contributed by atoms with Crippen LogP contribution in [0.2, 0.25) is 0 Å². The van der Waals surface area contributed by atoms with E-state index in [0.717, 1.165) is 5.92 Å². The van der Waals surface area contributed by atoms with Gasteiger partial charge in [0.2, 0.25) is 0 Å². The normalized spacial score (nSPS) is 28.4. The molecule has 2 aliphatic heterocycles. The van der Waals surface area contributed by atoms with Gasteiger partial charge in [-0.05, 0) is 5.92 Å². The zero-order valence-corrected chi connectivity index (χ0v) is 6.97. The zero-order chi connectivity index (χ0) is 7.52. The van der Waals surface area contributed by atoms with Crippen molar-refractivity contribution in [1.29, 1.82) is 0 Å². The fraction of sp³-hybridized carbons (Fsp3) is 1.00. The largest absolute Gasteiger partial charge is 0.316 e. The monoisotopic (exact) mass is 155 g/mol. The number of piperazine rings is 1. The van der Waals surface area contributed by atoms with Crippen molar-refractivity contribution in [3.05, 3.63) is 0 Å². The predicted octanol–water partition coefficient (Wildman–Crippen LogP) is -0.889. The van der Waals surface area contributed by atoms with Gasteiger partial charge in [0.1, 0.15) is 0 Å². The molecule has 64 valence electrons. The van der Waals surface area contributed by atoms with Crippen LogP contribution < -0.4 is 10.6 Å². The lowest BCUT2D eigenvalue weighted by atomic mass is 10.0. The SMILES string of the molecule is C1CN(CC2CNC2)CCN1. The quantitative estimate of drug-likeness (QED) is 0.542. The predicted molar refractivity (Wildman–Crippen MR) is 45.7 cm³/mol. The molecule has 0 atom stereocenters. The number of nitrogens with zero attached hydrogens (tertiary/aromatic N) is 1. The highest BCUT2D eigenvalue weighted by Crippen LogP contribution is 2.05. The molecule has 2 rings (SSSR count). The molecule has 0 saturated carbocycles. The molecular formula is C8H17N3. The van der Waals surface area contributed by atoms with E-state index in [1.165, 1.54) is 45.8 Å². The number of rotatable bonds is 2. The Morgan fingerprint density at radius 1 is 1.09 bits per heavy atom. The van der Waals surface area contributed by atoms with Crippen molar-refractivity contribution in [3.63, 3.8) is 0 Å². The van der Waals surface area contributed by atoms with Crippen molar-refractivity contribution in [1.82, 2.24) is 15.5 Å². The van der Waals surface area contributed by atoms with Gasteiger partial charge in [0.15, 0.2) is 0 Å². The van der Waals surface area contributed by atoms with Gasteiger partial charge >= 0.3 is 0 Å². The molecule has 2 heterocycles. The van der Waals surface area contributed by atoms with E-state index >= 15 is 0 Å². The molecule has 11 heavy (non-hydrogen) atoms. The molecule has 2 N–H and O–H groups in total. The summed E-state index contributed by atoms with van der Waals surface area (Å²) in [5.41, 5.74) is 0. The van der Waals surface area contributed by atoms with Gasteiger partial charge in [0, 0.05) is 45.8 Å². The van der Waals surface area contributed by atoms with Gasteiger partial charge in [0.25, 0.3) is 0 Å². The fourth-order valence-corrected chi connectivity index (χ4v) is 1.74. The molecule has 0 aliphatic carbocycles. The summed E-state index contributed by atoms with van der Waals surface area (Å²) in [7, 11) is 0. The Morgan fingerprint density at radius 2 is 1.82 bits per heavy atom. The minimum Gasteiger partial charge on any atom is -0.316 e. The lowest BCUT2D eigenvalue weighted by Gasteiger charge is -2.35. The third-order valence-corrected chi connectivity index (χ3v) is 2.59. The van der Waals surface area contributed by atoms with E-state index in [4.69, 9.17) is 0 Å². The summed E-state index contributed by atoms with van der Waals surface area (Å²) in [6, 6.07) is 0. The maximum Gasteiger partial charge on any atom is 0.0108 e. The van der Waals surface area contributed by atoms with Crippen LogP contribution in [-0.2, 0) is 0 Å². The van der Waals surface area contributed by atoms with Crippen LogP contribution in [0.4, 0.5) is 0 Å². The second-order valence-corrected chi connectivity index (χ2v) is 3.57. The molecule has 0 radical (unpaired) electrons. The van der Waals surface area contributed by atoms with Gasteiger partial charge in [-0.15, -0.1) is 0 Å². The highest BCUT2D eigenvalue weighted by atomic mass is 15.2. The molecule has 3 nitrogen and oxygen atoms in total. The Labute approximate surface area is 68.1 Å². The Balaban J connectivity index is 1.67. The first-order valence-electron chi connectivity index (χ1n) is 4.59. The fourth-order valence-electron chi connectivity index (χ4n) is 1.74. The van der Waals surface area contributed by atoms with Crippen molar-refractivity contribution in [3.8, 4) is 0 Å². The van der Waals surface area contributed by atoms with Gasteiger partial charge in [-0.1, -0.05) is 0 Å². The topological polar surface area (TPSA) is 27.3 Å². The zero-order valence-electron chi connectivity index (χ0n) is 6.97. The average molecular weight is 155 g/mol. The van der Waals surface area contributed by atoms with Crippen LogP contribution in [0.25, 0.3) is 0 Å². The maximum absolute atomic E-state index is 3.37. The van der Waals surface area contributed by atoms with Gasteiger partial charge in [-0.3, -0.25) is 0 Å². The van der Waals surface area contributed by atoms with Crippen molar-refractivity contribution in [2.24, 2.45) is 5.92 Å². The molecule has 2 saturated heterocycles. The van der Waals surface area contributed by atoms with E-state index in [1.54, 1.807) is 0 Å². The molecule has 0 amide bonds. The van der Waals surface area contributed by atoms with Crippen molar-refractivity contribution in [2.75, 3.05) is 45.8 Å². The van der Waals surface area contributed by atoms with Crippen LogP contribution in [0.15, 0.2) is 0 Å². The summed E-state index contributed by atoms with van der Waals surface area (Å²) in [5, 5.41) is 6.68. The van der Waals surface area contributed by atoms with Crippen LogP contribution in [0.1, 0.15) is 0 Å². The Bertz CT molecular complexity index is 117. The molecule has 0 aromatic rings. The summed E-state index contributed by atoms with van der Waals surface area (Å²) < 4.78 is 0. The summed E-state index contributed by atoms with van der Waals surface area (Å²) in [6.07, 6.45) is 0. The van der Waals surface area contributed by atoms with E-state index < -0.39 is 0 Å². The standard InChI is InChI=1S/C8H17N3/c1-3-11(4-2-9-1)7-8-5-10-6-8/h8-10H,1-7H2. The van der Waals surface area contributed by atoms with Crippen LogP contribution in [0.5, 0.6) is 0 Å². The summed E-state index contributed by atoms with van der Waals surface area (Å²) in [4.78, 5) is 2.57. The molecule has 0 bridgehead atoms. The smallest absolute Gasteiger partial charge is 0.0108 e. The van der Waals surface area contributed by atoms with Crippen LogP contribution in [0, 0.1) is 5.92 Å².